The number of amidine groups is 1. The molecule has 0 saturated carbocycles. The van der Waals surface area contributed by atoms with E-state index in [1.807, 2.05) is 0 Å². The molecule has 35 heavy (non-hydrogen) atoms. The molecule has 0 atom stereocenters. The number of fused-ring (bicyclic) bond motifs is 2. The van der Waals surface area contributed by atoms with Gasteiger partial charge in [-0.3, -0.25) is 15.2 Å². The second-order valence-corrected chi connectivity index (χ2v) is 8.41. The zero-order chi connectivity index (χ0) is 24.7. The number of phenolic OH excluding ortho intramolecular Hbond substituents is 1. The summed E-state index contributed by atoms with van der Waals surface area (Å²) >= 11 is 1.12. The minimum absolute atomic E-state index is 0.0642. The fourth-order valence-electron chi connectivity index (χ4n) is 3.78. The number of rotatable bonds is 3. The van der Waals surface area contributed by atoms with E-state index in [0.29, 0.717) is 21.5 Å². The van der Waals surface area contributed by atoms with Crippen molar-refractivity contribution in [3.63, 3.8) is 0 Å². The zero-order valence-corrected chi connectivity index (χ0v) is 19.0. The van der Waals surface area contributed by atoms with Crippen LogP contribution in [0.4, 0.5) is 0 Å². The van der Waals surface area contributed by atoms with Crippen LogP contribution in [-0.2, 0) is 11.2 Å². The van der Waals surface area contributed by atoms with Gasteiger partial charge in [-0.2, -0.15) is 0 Å². The number of hydrazine groups is 1. The summed E-state index contributed by atoms with van der Waals surface area (Å²) in [6, 6.07) is 11.9. The van der Waals surface area contributed by atoms with E-state index in [2.05, 4.69) is 10.4 Å². The number of para-hydroxylation sites is 1. The quantitative estimate of drug-likeness (QED) is 0.368. The lowest BCUT2D eigenvalue weighted by Crippen LogP contribution is -2.47. The standard InChI is InChI=1S/C24H17N3O7S/c1-25-24-26-27(19(29)8-12-9-20(30)33-18-10-13(28)6-7-14(12)18)16(11-35-24)21-22(31)15-4-2-3-5-17(15)34-23(21)32/h2-7,9-11,28,31H,8H2,1H3,(H,25,26). The van der Waals surface area contributed by atoms with Crippen molar-refractivity contribution < 1.29 is 23.8 Å². The van der Waals surface area contributed by atoms with Crippen LogP contribution in [0.1, 0.15) is 11.1 Å². The number of hydrogen-bond donors (Lipinski definition) is 3. The molecule has 11 heteroatoms. The van der Waals surface area contributed by atoms with Crippen molar-refractivity contribution in [2.75, 3.05) is 7.05 Å². The van der Waals surface area contributed by atoms with E-state index in [-0.39, 0.29) is 40.3 Å². The highest BCUT2D eigenvalue weighted by Crippen LogP contribution is 2.35. The Bertz CT molecular complexity index is 1690. The molecule has 2 aromatic heterocycles. The molecule has 3 heterocycles. The number of carbonyl (C=O) groups is 1. The molecule has 0 spiro atoms. The lowest BCUT2D eigenvalue weighted by molar-refractivity contribution is -0.128. The van der Waals surface area contributed by atoms with Crippen LogP contribution in [-0.4, -0.2) is 33.3 Å². The maximum Gasteiger partial charge on any atom is 0.349 e. The number of hydrogen-bond acceptors (Lipinski definition) is 9. The Hall–Kier alpha value is -4.51. The second-order valence-electron chi connectivity index (χ2n) is 7.55. The molecule has 3 N–H and O–H groups in total. The second kappa shape index (κ2) is 8.69. The van der Waals surface area contributed by atoms with Gasteiger partial charge in [0.2, 0.25) is 5.91 Å². The summed E-state index contributed by atoms with van der Waals surface area (Å²) in [5.41, 5.74) is 1.87. The Morgan fingerprint density at radius 3 is 2.66 bits per heavy atom. The van der Waals surface area contributed by atoms with Gasteiger partial charge in [0, 0.05) is 30.0 Å². The van der Waals surface area contributed by atoms with Crippen LogP contribution in [0.15, 0.2) is 77.4 Å². The molecule has 0 bridgehead atoms. The third-order valence-corrected chi connectivity index (χ3v) is 6.22. The molecule has 1 aliphatic heterocycles. The first-order valence-electron chi connectivity index (χ1n) is 10.3. The maximum absolute atomic E-state index is 13.5. The average molecular weight is 491 g/mol. The fraction of sp³-hybridized carbons (Fsp3) is 0.0833. The van der Waals surface area contributed by atoms with Crippen LogP contribution >= 0.6 is 11.8 Å². The summed E-state index contributed by atoms with van der Waals surface area (Å²) in [6.07, 6.45) is -0.265. The van der Waals surface area contributed by atoms with Crippen LogP contribution in [0.5, 0.6) is 11.5 Å². The molecule has 176 valence electrons. The molecular weight excluding hydrogens is 474 g/mol. The molecule has 0 fully saturated rings. The Morgan fingerprint density at radius 2 is 1.86 bits per heavy atom. The van der Waals surface area contributed by atoms with E-state index in [4.69, 9.17) is 8.83 Å². The van der Waals surface area contributed by atoms with E-state index in [1.54, 1.807) is 24.3 Å². The van der Waals surface area contributed by atoms with Crippen molar-refractivity contribution in [2.24, 2.45) is 4.99 Å². The number of nitrogens with one attached hydrogen (secondary N) is 1. The first-order valence-corrected chi connectivity index (χ1v) is 11.2. The summed E-state index contributed by atoms with van der Waals surface area (Å²) in [5, 5.41) is 24.4. The number of benzene rings is 2. The van der Waals surface area contributed by atoms with E-state index in [0.717, 1.165) is 16.8 Å². The highest BCUT2D eigenvalue weighted by molar-refractivity contribution is 8.16. The Morgan fingerprint density at radius 1 is 1.06 bits per heavy atom. The number of carbonyl (C=O) groups excluding carboxylic acids is 1. The SMILES string of the molecule is CN=C1NN(C(=O)Cc2cc(=O)oc3cc(O)ccc23)C(c2c(O)c3ccccc3oc2=O)=CS1. The largest absolute Gasteiger partial charge is 0.508 e. The molecule has 0 unspecified atom stereocenters. The summed E-state index contributed by atoms with van der Waals surface area (Å²) in [4.78, 5) is 42.4. The van der Waals surface area contributed by atoms with Crippen LogP contribution in [0.25, 0.3) is 27.6 Å². The van der Waals surface area contributed by atoms with Gasteiger partial charge in [-0.15, -0.1) is 0 Å². The number of nitrogens with zero attached hydrogens (tertiary/aromatic N) is 2. The van der Waals surface area contributed by atoms with Crippen molar-refractivity contribution in [3.05, 3.63) is 85.9 Å². The number of aliphatic imine (C=N–C) groups is 1. The predicted octanol–water partition coefficient (Wildman–Crippen LogP) is 2.92. The number of amides is 1. The molecule has 0 radical (unpaired) electrons. The van der Waals surface area contributed by atoms with Crippen LogP contribution in [0.3, 0.4) is 0 Å². The molecule has 1 aliphatic rings. The van der Waals surface area contributed by atoms with Gasteiger partial charge in [-0.05, 0) is 29.8 Å². The van der Waals surface area contributed by atoms with Crippen molar-refractivity contribution in [3.8, 4) is 11.5 Å². The zero-order valence-electron chi connectivity index (χ0n) is 18.1. The number of aromatic hydroxyl groups is 2. The Balaban J connectivity index is 1.60. The topological polar surface area (TPSA) is 146 Å². The van der Waals surface area contributed by atoms with E-state index in [9.17, 15) is 24.6 Å². The van der Waals surface area contributed by atoms with Crippen LogP contribution in [0.2, 0.25) is 0 Å². The van der Waals surface area contributed by atoms with Crippen LogP contribution in [0, 0.1) is 0 Å². The molecule has 1 amide bonds. The van der Waals surface area contributed by atoms with Crippen molar-refractivity contribution >= 4 is 50.5 Å². The Kier molecular flexibility index (Phi) is 5.53. The number of phenols is 1. The first-order chi connectivity index (χ1) is 16.9. The summed E-state index contributed by atoms with van der Waals surface area (Å²) in [5.74, 6) is -0.975. The summed E-state index contributed by atoms with van der Waals surface area (Å²) < 4.78 is 10.5. The van der Waals surface area contributed by atoms with E-state index in [1.165, 1.54) is 36.7 Å². The molecule has 2 aromatic carbocycles. The van der Waals surface area contributed by atoms with Gasteiger partial charge >= 0.3 is 11.3 Å². The van der Waals surface area contributed by atoms with Crippen molar-refractivity contribution in [1.29, 1.82) is 0 Å². The van der Waals surface area contributed by atoms with Gasteiger partial charge in [0.05, 0.1) is 17.5 Å². The fourth-order valence-corrected chi connectivity index (χ4v) is 4.48. The third kappa shape index (κ3) is 4.02. The lowest BCUT2D eigenvalue weighted by Gasteiger charge is -2.30. The molecule has 0 saturated heterocycles. The minimum atomic E-state index is -0.828. The van der Waals surface area contributed by atoms with Gasteiger partial charge in [0.1, 0.15) is 28.2 Å². The smallest absolute Gasteiger partial charge is 0.349 e. The average Bonchev–Trinajstić information content (AvgIpc) is 2.83. The van der Waals surface area contributed by atoms with Crippen LogP contribution < -0.4 is 16.7 Å². The van der Waals surface area contributed by atoms with Gasteiger partial charge in [-0.25, -0.2) is 14.6 Å². The first kappa shape index (κ1) is 22.3. The monoisotopic (exact) mass is 491 g/mol. The minimum Gasteiger partial charge on any atom is -0.508 e. The van der Waals surface area contributed by atoms with E-state index >= 15 is 0 Å². The van der Waals surface area contributed by atoms with Crippen molar-refractivity contribution in [2.45, 2.75) is 6.42 Å². The molecular formula is C24H17N3O7S. The highest BCUT2D eigenvalue weighted by Gasteiger charge is 2.30. The normalized spacial score (nSPS) is 14.8. The molecule has 0 aliphatic carbocycles. The van der Waals surface area contributed by atoms with Gasteiger partial charge < -0.3 is 19.0 Å². The molecule has 4 aromatic rings. The summed E-state index contributed by atoms with van der Waals surface area (Å²) in [6.45, 7) is 0. The highest BCUT2D eigenvalue weighted by atomic mass is 32.2. The Labute approximate surface area is 200 Å². The number of thioether (sulfide) groups is 1. The lowest BCUT2D eigenvalue weighted by atomic mass is 10.1. The maximum atomic E-state index is 13.5. The molecule has 10 nitrogen and oxygen atoms in total. The van der Waals surface area contributed by atoms with Gasteiger partial charge in [0.25, 0.3) is 0 Å². The summed E-state index contributed by atoms with van der Waals surface area (Å²) in [7, 11) is 1.53. The third-order valence-electron chi connectivity index (χ3n) is 5.38. The molecule has 5 rings (SSSR count). The van der Waals surface area contributed by atoms with Gasteiger partial charge in [0.15, 0.2) is 5.17 Å². The van der Waals surface area contributed by atoms with Crippen molar-refractivity contribution in [1.82, 2.24) is 10.4 Å². The van der Waals surface area contributed by atoms with E-state index < -0.39 is 17.2 Å². The predicted molar refractivity (Wildman–Crippen MR) is 131 cm³/mol. The van der Waals surface area contributed by atoms with Gasteiger partial charge in [-0.1, -0.05) is 23.9 Å².